The zero-order valence-electron chi connectivity index (χ0n) is 6.28. The Kier molecular flexibility index (Phi) is 2.53. The Bertz CT molecular complexity index is 285. The third kappa shape index (κ3) is 2.16. The van der Waals surface area contributed by atoms with E-state index in [9.17, 15) is 9.90 Å². The molecule has 4 nitrogen and oxygen atoms in total. The molecule has 0 saturated heterocycles. The Morgan fingerprint density at radius 3 is 2.67 bits per heavy atom. The topological polar surface area (TPSA) is 69.2 Å². The molecule has 0 aliphatic carbocycles. The third-order valence-electron chi connectivity index (χ3n) is 1.33. The number of para-hydroxylation sites is 2. The molecule has 1 rings (SSSR count). The summed E-state index contributed by atoms with van der Waals surface area (Å²) in [6.07, 6.45) is 0. The molecule has 0 aliphatic rings. The first-order chi connectivity index (χ1) is 5.70. The van der Waals surface area contributed by atoms with Crippen molar-refractivity contribution < 1.29 is 15.0 Å². The lowest BCUT2D eigenvalue weighted by atomic mass is 10.3. The van der Waals surface area contributed by atoms with Crippen molar-refractivity contribution in [2.75, 3.05) is 11.9 Å². The number of phenols is 1. The Morgan fingerprint density at radius 1 is 1.42 bits per heavy atom. The predicted octanol–water partition coefficient (Wildman–Crippen LogP) is 0.761. The van der Waals surface area contributed by atoms with E-state index in [4.69, 9.17) is 5.11 Å². The summed E-state index contributed by atoms with van der Waals surface area (Å²) in [4.78, 5) is 10.0. The second kappa shape index (κ2) is 3.61. The van der Waals surface area contributed by atoms with Crippen LogP contribution in [0.5, 0.6) is 5.75 Å². The van der Waals surface area contributed by atoms with Crippen LogP contribution in [0.4, 0.5) is 5.69 Å². The molecule has 0 amide bonds. The zero-order chi connectivity index (χ0) is 8.97. The smallest absolute Gasteiger partial charge is 0.374 e. The zero-order valence-corrected chi connectivity index (χ0v) is 6.28. The summed E-state index contributed by atoms with van der Waals surface area (Å²) in [7, 11) is 0. The van der Waals surface area contributed by atoms with Gasteiger partial charge in [-0.1, -0.05) is 12.1 Å². The number of nitrogens with one attached hydrogen (secondary N) is 1. The van der Waals surface area contributed by atoms with E-state index < -0.39 is 5.97 Å². The summed E-state index contributed by atoms with van der Waals surface area (Å²) in [5.41, 5.74) is 0.390. The van der Waals surface area contributed by atoms with Gasteiger partial charge in [0, 0.05) is 0 Å². The SMILES string of the molecule is [O]C(=O)CNc1ccccc1O. The molecule has 1 radical (unpaired) electrons. The van der Waals surface area contributed by atoms with Gasteiger partial charge in [0.25, 0.3) is 0 Å². The molecule has 4 heteroatoms. The molecular weight excluding hydrogens is 158 g/mol. The molecule has 2 N–H and O–H groups in total. The lowest BCUT2D eigenvalue weighted by Gasteiger charge is -2.03. The van der Waals surface area contributed by atoms with E-state index in [2.05, 4.69) is 5.32 Å². The fourth-order valence-electron chi connectivity index (χ4n) is 0.791. The maximum atomic E-state index is 10.0. The highest BCUT2D eigenvalue weighted by molar-refractivity contribution is 5.73. The first kappa shape index (κ1) is 8.39. The van der Waals surface area contributed by atoms with E-state index in [1.165, 1.54) is 6.07 Å². The van der Waals surface area contributed by atoms with Crippen molar-refractivity contribution >= 4 is 11.7 Å². The lowest BCUT2D eigenvalue weighted by Crippen LogP contribution is -2.10. The average Bonchev–Trinajstić information content (AvgIpc) is 2.03. The van der Waals surface area contributed by atoms with E-state index in [-0.39, 0.29) is 12.3 Å². The molecule has 0 unspecified atom stereocenters. The quantitative estimate of drug-likeness (QED) is 0.651. The normalized spacial score (nSPS) is 9.33. The van der Waals surface area contributed by atoms with Gasteiger partial charge in [-0.25, -0.2) is 9.90 Å². The Morgan fingerprint density at radius 2 is 2.08 bits per heavy atom. The molecule has 0 spiro atoms. The number of anilines is 1. The van der Waals surface area contributed by atoms with E-state index in [0.29, 0.717) is 5.69 Å². The summed E-state index contributed by atoms with van der Waals surface area (Å²) in [5, 5.41) is 21.7. The Balaban J connectivity index is 2.63. The molecule has 0 aliphatic heterocycles. The predicted molar refractivity (Wildman–Crippen MR) is 42.3 cm³/mol. The van der Waals surface area contributed by atoms with Gasteiger partial charge in [0.15, 0.2) is 0 Å². The largest absolute Gasteiger partial charge is 0.506 e. The number of rotatable bonds is 3. The lowest BCUT2D eigenvalue weighted by molar-refractivity contribution is -0.140. The summed E-state index contributed by atoms with van der Waals surface area (Å²) in [6, 6.07) is 6.40. The highest BCUT2D eigenvalue weighted by Crippen LogP contribution is 2.20. The number of benzene rings is 1. The molecule has 0 fully saturated rings. The van der Waals surface area contributed by atoms with Crippen molar-refractivity contribution in [2.45, 2.75) is 0 Å². The van der Waals surface area contributed by atoms with Crippen molar-refractivity contribution in [3.63, 3.8) is 0 Å². The Hall–Kier alpha value is -1.71. The minimum absolute atomic E-state index is 0.0266. The van der Waals surface area contributed by atoms with Crippen molar-refractivity contribution in [3.8, 4) is 5.75 Å². The summed E-state index contributed by atoms with van der Waals surface area (Å²) < 4.78 is 0. The molecule has 63 valence electrons. The molecule has 0 bridgehead atoms. The minimum Gasteiger partial charge on any atom is -0.506 e. The first-order valence-corrected chi connectivity index (χ1v) is 3.42. The van der Waals surface area contributed by atoms with Crippen LogP contribution in [-0.4, -0.2) is 17.6 Å². The van der Waals surface area contributed by atoms with Gasteiger partial charge in [0.05, 0.1) is 5.69 Å². The van der Waals surface area contributed by atoms with Crippen LogP contribution >= 0.6 is 0 Å². The molecule has 0 atom stereocenters. The molecule has 0 saturated carbocycles. The van der Waals surface area contributed by atoms with E-state index in [1.807, 2.05) is 0 Å². The maximum Gasteiger partial charge on any atom is 0.374 e. The summed E-state index contributed by atoms with van der Waals surface area (Å²) in [6.45, 7) is -0.308. The number of aromatic hydroxyl groups is 1. The van der Waals surface area contributed by atoms with Gasteiger partial charge in [-0.3, -0.25) is 0 Å². The number of hydrogen-bond acceptors (Lipinski definition) is 3. The number of carbonyl (C=O) groups excluding carboxylic acids is 1. The minimum atomic E-state index is -1.21. The fraction of sp³-hybridized carbons (Fsp3) is 0.125. The van der Waals surface area contributed by atoms with Crippen molar-refractivity contribution in [1.29, 1.82) is 0 Å². The summed E-state index contributed by atoms with van der Waals surface area (Å²) >= 11 is 0. The standard InChI is InChI=1S/C8H8NO3/c10-7-4-2-1-3-6(7)9-5-8(11)12/h1-4,9-10H,5H2. The summed E-state index contributed by atoms with van der Waals surface area (Å²) in [5.74, 6) is -1.18. The van der Waals surface area contributed by atoms with Crippen LogP contribution in [0.1, 0.15) is 0 Å². The van der Waals surface area contributed by atoms with Gasteiger partial charge in [0.1, 0.15) is 12.3 Å². The first-order valence-electron chi connectivity index (χ1n) is 3.42. The van der Waals surface area contributed by atoms with E-state index in [0.717, 1.165) is 0 Å². The van der Waals surface area contributed by atoms with Gasteiger partial charge in [0.2, 0.25) is 0 Å². The molecule has 0 aromatic heterocycles. The van der Waals surface area contributed by atoms with Crippen molar-refractivity contribution in [3.05, 3.63) is 24.3 Å². The van der Waals surface area contributed by atoms with Crippen LogP contribution in [0.3, 0.4) is 0 Å². The molecule has 0 heterocycles. The second-order valence-electron chi connectivity index (χ2n) is 2.24. The highest BCUT2D eigenvalue weighted by Gasteiger charge is 2.01. The monoisotopic (exact) mass is 166 g/mol. The van der Waals surface area contributed by atoms with Crippen LogP contribution in [0.25, 0.3) is 0 Å². The van der Waals surface area contributed by atoms with Crippen LogP contribution in [0.15, 0.2) is 24.3 Å². The van der Waals surface area contributed by atoms with E-state index in [1.54, 1.807) is 18.2 Å². The van der Waals surface area contributed by atoms with Crippen molar-refractivity contribution in [1.82, 2.24) is 0 Å². The average molecular weight is 166 g/mol. The fourth-order valence-corrected chi connectivity index (χ4v) is 0.791. The van der Waals surface area contributed by atoms with Gasteiger partial charge < -0.3 is 10.4 Å². The van der Waals surface area contributed by atoms with Crippen LogP contribution in [0, 0.1) is 0 Å². The van der Waals surface area contributed by atoms with Crippen LogP contribution in [-0.2, 0) is 9.90 Å². The second-order valence-corrected chi connectivity index (χ2v) is 2.24. The Labute approximate surface area is 69.5 Å². The van der Waals surface area contributed by atoms with E-state index >= 15 is 0 Å². The van der Waals surface area contributed by atoms with Gasteiger partial charge in [-0.05, 0) is 12.1 Å². The van der Waals surface area contributed by atoms with Crippen LogP contribution < -0.4 is 5.32 Å². The molecular formula is C8H8NO3. The molecule has 1 aromatic rings. The van der Waals surface area contributed by atoms with Crippen molar-refractivity contribution in [2.24, 2.45) is 0 Å². The van der Waals surface area contributed by atoms with Crippen LogP contribution in [0.2, 0.25) is 0 Å². The third-order valence-corrected chi connectivity index (χ3v) is 1.33. The highest BCUT2D eigenvalue weighted by atomic mass is 16.4. The van der Waals surface area contributed by atoms with Gasteiger partial charge >= 0.3 is 5.97 Å². The molecule has 12 heavy (non-hydrogen) atoms. The number of phenolic OH excluding ortho intramolecular Hbond substituents is 1. The van der Waals surface area contributed by atoms with Gasteiger partial charge in [-0.15, -0.1) is 0 Å². The maximum absolute atomic E-state index is 10.0. The molecule has 1 aromatic carbocycles. The number of hydrogen-bond donors (Lipinski definition) is 2. The van der Waals surface area contributed by atoms with Gasteiger partial charge in [-0.2, -0.15) is 0 Å². The number of carbonyl (C=O) groups is 1.